The molecular weight excluding hydrogens is 508 g/mol. The Morgan fingerprint density at radius 2 is 0.833 bits per heavy atom. The van der Waals surface area contributed by atoms with Crippen molar-refractivity contribution in [3.8, 4) is 22.3 Å². The van der Waals surface area contributed by atoms with Gasteiger partial charge in [0.2, 0.25) is 0 Å². The van der Waals surface area contributed by atoms with Gasteiger partial charge in [0.1, 0.15) is 0 Å². The lowest BCUT2D eigenvalue weighted by atomic mass is 9.96. The Labute approximate surface area is 243 Å². The van der Waals surface area contributed by atoms with Crippen LogP contribution in [0.4, 0.5) is 0 Å². The Bertz CT molecular complexity index is 2530. The van der Waals surface area contributed by atoms with E-state index in [-0.39, 0.29) is 0 Å². The van der Waals surface area contributed by atoms with Crippen molar-refractivity contribution in [3.63, 3.8) is 0 Å². The molecule has 7 aromatic carbocycles. The molecule has 2 heteroatoms. The summed E-state index contributed by atoms with van der Waals surface area (Å²) in [5.41, 5.74) is 10.1. The molecule has 0 aliphatic rings. The summed E-state index contributed by atoms with van der Waals surface area (Å²) in [4.78, 5) is 0. The molecule has 0 N–H and O–H groups in total. The van der Waals surface area contributed by atoms with Gasteiger partial charge in [0.05, 0.1) is 11.0 Å². The first-order chi connectivity index (χ1) is 20.7. The molecule has 2 aromatic heterocycles. The molecule has 0 unspecified atom stereocenters. The van der Waals surface area contributed by atoms with Crippen LogP contribution >= 0.6 is 0 Å². The van der Waals surface area contributed by atoms with Gasteiger partial charge >= 0.3 is 0 Å². The highest BCUT2D eigenvalue weighted by atomic mass is 15.0. The van der Waals surface area contributed by atoms with Crippen LogP contribution < -0.4 is 0 Å². The molecule has 2 heterocycles. The molecule has 0 bridgehead atoms. The minimum atomic E-state index is 1.24. The zero-order valence-electron chi connectivity index (χ0n) is 23.6. The van der Waals surface area contributed by atoms with Crippen molar-refractivity contribution in [1.82, 2.24) is 9.13 Å². The number of fused-ring (bicyclic) bond motifs is 11. The molecular formula is C40H28N2. The summed E-state index contributed by atoms with van der Waals surface area (Å²) >= 11 is 0. The van der Waals surface area contributed by atoms with Crippen molar-refractivity contribution < 1.29 is 0 Å². The lowest BCUT2D eigenvalue weighted by molar-refractivity contribution is 0.987. The fourth-order valence-electron chi connectivity index (χ4n) is 7.25. The van der Waals surface area contributed by atoms with Crippen LogP contribution in [0.25, 0.3) is 87.4 Å². The van der Waals surface area contributed by atoms with Gasteiger partial charge in [-0.05, 0) is 62.0 Å². The van der Waals surface area contributed by atoms with Crippen molar-refractivity contribution in [3.05, 3.63) is 133 Å². The fraction of sp³-hybridized carbons (Fsp3) is 0.0500. The number of aromatic nitrogens is 2. The van der Waals surface area contributed by atoms with Crippen molar-refractivity contribution in [2.24, 2.45) is 14.1 Å². The second-order valence-corrected chi connectivity index (χ2v) is 11.5. The Morgan fingerprint density at radius 3 is 1.45 bits per heavy atom. The average molecular weight is 537 g/mol. The van der Waals surface area contributed by atoms with Crippen LogP contribution in [-0.4, -0.2) is 9.13 Å². The maximum Gasteiger partial charge on any atom is 0.0742 e. The summed E-state index contributed by atoms with van der Waals surface area (Å²) in [6.45, 7) is 0. The summed E-state index contributed by atoms with van der Waals surface area (Å²) in [7, 11) is 4.46. The molecule has 0 amide bonds. The summed E-state index contributed by atoms with van der Waals surface area (Å²) in [6.07, 6.45) is 0. The van der Waals surface area contributed by atoms with Crippen LogP contribution in [0.15, 0.2) is 133 Å². The number of aryl methyl sites for hydroxylation is 2. The molecule has 42 heavy (non-hydrogen) atoms. The quantitative estimate of drug-likeness (QED) is 0.208. The first kappa shape index (κ1) is 23.4. The highest BCUT2D eigenvalue weighted by molar-refractivity contribution is 6.36. The fourth-order valence-corrected chi connectivity index (χ4v) is 7.25. The number of nitrogens with zero attached hydrogens (tertiary/aromatic N) is 2. The summed E-state index contributed by atoms with van der Waals surface area (Å²) < 4.78 is 4.83. The van der Waals surface area contributed by atoms with Crippen LogP contribution in [0, 0.1) is 0 Å². The molecule has 0 spiro atoms. The zero-order valence-corrected chi connectivity index (χ0v) is 23.6. The minimum Gasteiger partial charge on any atom is -0.342 e. The lowest BCUT2D eigenvalue weighted by Gasteiger charge is -2.08. The van der Waals surface area contributed by atoms with Gasteiger partial charge in [0.15, 0.2) is 0 Å². The summed E-state index contributed by atoms with van der Waals surface area (Å²) in [5, 5.41) is 10.4. The molecule has 9 rings (SSSR count). The Balaban J connectivity index is 1.39. The third-order valence-corrected chi connectivity index (χ3v) is 9.28. The van der Waals surface area contributed by atoms with Gasteiger partial charge in [-0.15, -0.1) is 0 Å². The maximum absolute atomic E-state index is 2.42. The molecule has 0 atom stereocenters. The zero-order chi connectivity index (χ0) is 27.9. The van der Waals surface area contributed by atoms with Gasteiger partial charge in [-0.2, -0.15) is 0 Å². The van der Waals surface area contributed by atoms with E-state index in [9.17, 15) is 0 Å². The van der Waals surface area contributed by atoms with Crippen LogP contribution in [0.2, 0.25) is 0 Å². The SMILES string of the molecule is Cn1c2cc(-c3ccccc3)ccc2c2c3ccccc3c3c4ccc(-c5ccc6ccccc6c5)cc4n(C)c3c21. The highest BCUT2D eigenvalue weighted by Gasteiger charge is 2.21. The minimum absolute atomic E-state index is 1.24. The van der Waals surface area contributed by atoms with Gasteiger partial charge in [0.25, 0.3) is 0 Å². The van der Waals surface area contributed by atoms with Crippen molar-refractivity contribution >= 4 is 65.2 Å². The van der Waals surface area contributed by atoms with Gasteiger partial charge in [-0.1, -0.05) is 115 Å². The van der Waals surface area contributed by atoms with E-state index in [1.807, 2.05) is 0 Å². The van der Waals surface area contributed by atoms with Gasteiger partial charge in [-0.3, -0.25) is 0 Å². The van der Waals surface area contributed by atoms with Gasteiger partial charge in [-0.25, -0.2) is 0 Å². The number of benzene rings is 7. The van der Waals surface area contributed by atoms with E-state index in [0.29, 0.717) is 0 Å². The van der Waals surface area contributed by atoms with Crippen LogP contribution in [0.3, 0.4) is 0 Å². The van der Waals surface area contributed by atoms with Crippen molar-refractivity contribution in [1.29, 1.82) is 0 Å². The Morgan fingerprint density at radius 1 is 0.357 bits per heavy atom. The topological polar surface area (TPSA) is 9.86 Å². The van der Waals surface area contributed by atoms with E-state index in [1.54, 1.807) is 0 Å². The molecule has 9 aromatic rings. The maximum atomic E-state index is 2.42. The molecule has 0 fully saturated rings. The Kier molecular flexibility index (Phi) is 4.77. The largest absolute Gasteiger partial charge is 0.342 e. The highest BCUT2D eigenvalue weighted by Crippen LogP contribution is 2.45. The van der Waals surface area contributed by atoms with E-state index in [4.69, 9.17) is 0 Å². The van der Waals surface area contributed by atoms with E-state index in [0.717, 1.165) is 0 Å². The lowest BCUT2D eigenvalue weighted by Crippen LogP contribution is -1.93. The van der Waals surface area contributed by atoms with Gasteiger partial charge < -0.3 is 9.13 Å². The van der Waals surface area contributed by atoms with E-state index in [2.05, 4.69) is 157 Å². The number of rotatable bonds is 2. The van der Waals surface area contributed by atoms with Crippen LogP contribution in [-0.2, 0) is 14.1 Å². The number of hydrogen-bond acceptors (Lipinski definition) is 0. The third kappa shape index (κ3) is 3.15. The predicted molar refractivity (Wildman–Crippen MR) is 180 cm³/mol. The number of hydrogen-bond donors (Lipinski definition) is 0. The molecule has 0 saturated heterocycles. The standard InChI is InChI=1S/C40H28N2/c1-41-35-23-29(25-10-4-3-5-11-25)18-20-33(35)37-31-14-8-9-15-32(31)38-34-21-19-30(24-36(34)42(2)40(38)39(37)41)28-17-16-26-12-6-7-13-27(26)22-28/h3-24H,1-2H3. The monoisotopic (exact) mass is 536 g/mol. The first-order valence-electron chi connectivity index (χ1n) is 14.6. The van der Waals surface area contributed by atoms with Crippen LogP contribution in [0.1, 0.15) is 0 Å². The molecule has 198 valence electrons. The first-order valence-corrected chi connectivity index (χ1v) is 14.6. The van der Waals surface area contributed by atoms with Crippen molar-refractivity contribution in [2.45, 2.75) is 0 Å². The predicted octanol–water partition coefficient (Wildman–Crippen LogP) is 10.6. The van der Waals surface area contributed by atoms with E-state index in [1.165, 1.54) is 87.4 Å². The Hall–Kier alpha value is -5.34. The second-order valence-electron chi connectivity index (χ2n) is 11.5. The van der Waals surface area contributed by atoms with E-state index < -0.39 is 0 Å². The molecule has 0 radical (unpaired) electrons. The molecule has 0 aliphatic carbocycles. The van der Waals surface area contributed by atoms with Gasteiger partial charge in [0, 0.05) is 46.7 Å². The molecule has 0 saturated carbocycles. The normalized spacial score (nSPS) is 12.0. The second kappa shape index (κ2) is 8.58. The van der Waals surface area contributed by atoms with E-state index >= 15 is 0 Å². The smallest absolute Gasteiger partial charge is 0.0742 e. The third-order valence-electron chi connectivity index (χ3n) is 9.28. The van der Waals surface area contributed by atoms with Crippen molar-refractivity contribution in [2.75, 3.05) is 0 Å². The summed E-state index contributed by atoms with van der Waals surface area (Å²) in [5.74, 6) is 0. The molecule has 0 aliphatic heterocycles. The average Bonchev–Trinajstić information content (AvgIpc) is 3.51. The van der Waals surface area contributed by atoms with Crippen LogP contribution in [0.5, 0.6) is 0 Å². The summed E-state index contributed by atoms with van der Waals surface area (Å²) in [6, 6.07) is 48.9. The molecule has 2 nitrogen and oxygen atoms in total.